The fourth-order valence-corrected chi connectivity index (χ4v) is 1.95. The summed E-state index contributed by atoms with van der Waals surface area (Å²) >= 11 is 0. The molecule has 0 radical (unpaired) electrons. The molecule has 0 bridgehead atoms. The zero-order valence-corrected chi connectivity index (χ0v) is 10.4. The van der Waals surface area contributed by atoms with Gasteiger partial charge in [0.25, 0.3) is 0 Å². The van der Waals surface area contributed by atoms with Crippen molar-refractivity contribution >= 4 is 18.3 Å². The van der Waals surface area contributed by atoms with Gasteiger partial charge in [-0.05, 0) is 12.5 Å². The Morgan fingerprint density at radius 1 is 1.32 bits per heavy atom. The average molecular weight is 265 g/mol. The van der Waals surface area contributed by atoms with Gasteiger partial charge in [-0.15, -0.1) is 0 Å². The van der Waals surface area contributed by atoms with Crippen LogP contribution in [0.4, 0.5) is 0 Å². The van der Waals surface area contributed by atoms with Gasteiger partial charge in [0, 0.05) is 5.92 Å². The average Bonchev–Trinajstić information content (AvgIpc) is 2.36. The van der Waals surface area contributed by atoms with E-state index in [0.717, 1.165) is 0 Å². The number of carbonyl (C=O) groups is 3. The standard InChI is InChI=1S/C13H15NO5/c1-13(12(18)19,14-8-15)10(7-11(16)17)9-5-3-2-4-6-9/h2-6,8,10H,7H2,1H3,(H,14,15)(H,16,17)(H,18,19). The zero-order valence-electron chi connectivity index (χ0n) is 10.4. The molecule has 2 atom stereocenters. The van der Waals surface area contributed by atoms with Gasteiger partial charge >= 0.3 is 11.9 Å². The van der Waals surface area contributed by atoms with Crippen molar-refractivity contribution in [3.05, 3.63) is 35.9 Å². The Labute approximate surface area is 110 Å². The number of carboxylic acids is 2. The number of nitrogens with one attached hydrogen (secondary N) is 1. The molecule has 0 saturated heterocycles. The number of rotatable bonds is 7. The van der Waals surface area contributed by atoms with Gasteiger partial charge in [-0.25, -0.2) is 4.79 Å². The van der Waals surface area contributed by atoms with Gasteiger partial charge in [0.05, 0.1) is 6.42 Å². The summed E-state index contributed by atoms with van der Waals surface area (Å²) in [4.78, 5) is 33.0. The molecule has 6 nitrogen and oxygen atoms in total. The van der Waals surface area contributed by atoms with Gasteiger partial charge in [-0.3, -0.25) is 9.59 Å². The van der Waals surface area contributed by atoms with E-state index in [1.165, 1.54) is 6.92 Å². The van der Waals surface area contributed by atoms with Crippen molar-refractivity contribution in [1.29, 1.82) is 0 Å². The summed E-state index contributed by atoms with van der Waals surface area (Å²) in [5.41, 5.74) is -1.13. The topological polar surface area (TPSA) is 104 Å². The molecule has 102 valence electrons. The van der Waals surface area contributed by atoms with Gasteiger partial charge in [-0.2, -0.15) is 0 Å². The van der Waals surface area contributed by atoms with Crippen LogP contribution in [-0.2, 0) is 14.4 Å². The third-order valence-corrected chi connectivity index (χ3v) is 3.08. The molecule has 1 amide bonds. The van der Waals surface area contributed by atoms with Crippen LogP contribution in [0.2, 0.25) is 0 Å². The lowest BCUT2D eigenvalue weighted by Gasteiger charge is -2.32. The van der Waals surface area contributed by atoms with E-state index in [1.807, 2.05) is 0 Å². The summed E-state index contributed by atoms with van der Waals surface area (Å²) < 4.78 is 0. The first-order chi connectivity index (χ1) is 8.91. The van der Waals surface area contributed by atoms with Crippen LogP contribution < -0.4 is 5.32 Å². The minimum atomic E-state index is -1.68. The maximum absolute atomic E-state index is 11.4. The fraction of sp³-hybridized carbons (Fsp3) is 0.308. The molecule has 0 aliphatic rings. The lowest BCUT2D eigenvalue weighted by molar-refractivity contribution is -0.147. The molecular weight excluding hydrogens is 250 g/mol. The first-order valence-corrected chi connectivity index (χ1v) is 5.63. The predicted molar refractivity (Wildman–Crippen MR) is 66.7 cm³/mol. The molecular formula is C13H15NO5. The van der Waals surface area contributed by atoms with Crippen molar-refractivity contribution in [2.45, 2.75) is 24.8 Å². The van der Waals surface area contributed by atoms with E-state index in [0.29, 0.717) is 5.56 Å². The Morgan fingerprint density at radius 2 is 1.89 bits per heavy atom. The summed E-state index contributed by atoms with van der Waals surface area (Å²) in [5.74, 6) is -3.28. The molecule has 3 N–H and O–H groups in total. The van der Waals surface area contributed by atoms with Crippen molar-refractivity contribution < 1.29 is 24.6 Å². The number of aliphatic carboxylic acids is 2. The molecule has 1 aromatic carbocycles. The van der Waals surface area contributed by atoms with Crippen molar-refractivity contribution in [2.75, 3.05) is 0 Å². The highest BCUT2D eigenvalue weighted by Crippen LogP contribution is 2.31. The van der Waals surface area contributed by atoms with Crippen LogP contribution in [0.25, 0.3) is 0 Å². The molecule has 0 fully saturated rings. The molecule has 0 aliphatic heterocycles. The largest absolute Gasteiger partial charge is 0.481 e. The maximum Gasteiger partial charge on any atom is 0.329 e. The number of carbonyl (C=O) groups excluding carboxylic acids is 1. The van der Waals surface area contributed by atoms with Crippen LogP contribution in [0.15, 0.2) is 30.3 Å². The fourth-order valence-electron chi connectivity index (χ4n) is 1.95. The third kappa shape index (κ3) is 3.31. The molecule has 6 heteroatoms. The van der Waals surface area contributed by atoms with E-state index in [2.05, 4.69) is 5.32 Å². The van der Waals surface area contributed by atoms with Crippen molar-refractivity contribution in [3.8, 4) is 0 Å². The minimum Gasteiger partial charge on any atom is -0.481 e. The van der Waals surface area contributed by atoms with E-state index in [-0.39, 0.29) is 6.41 Å². The molecule has 0 spiro atoms. The second-order valence-corrected chi connectivity index (χ2v) is 4.33. The number of hydrogen-bond acceptors (Lipinski definition) is 3. The Bertz CT molecular complexity index is 473. The highest BCUT2D eigenvalue weighted by Gasteiger charge is 2.43. The Hall–Kier alpha value is -2.37. The molecule has 0 aliphatic carbocycles. The van der Waals surface area contributed by atoms with Crippen molar-refractivity contribution in [1.82, 2.24) is 5.32 Å². The van der Waals surface area contributed by atoms with Gasteiger partial charge < -0.3 is 15.5 Å². The molecule has 0 heterocycles. The SMILES string of the molecule is CC(NC=O)(C(=O)O)C(CC(=O)O)c1ccccc1. The van der Waals surface area contributed by atoms with Crippen molar-refractivity contribution in [3.63, 3.8) is 0 Å². The van der Waals surface area contributed by atoms with Gasteiger partial charge in [-0.1, -0.05) is 30.3 Å². The Kier molecular flexibility index (Phi) is 4.63. The normalized spacial score (nSPS) is 15.0. The lowest BCUT2D eigenvalue weighted by atomic mass is 9.78. The third-order valence-electron chi connectivity index (χ3n) is 3.08. The monoisotopic (exact) mass is 265 g/mol. The number of carboxylic acid groups (broad SMARTS) is 2. The Balaban J connectivity index is 3.25. The van der Waals surface area contributed by atoms with Crippen LogP contribution in [0.3, 0.4) is 0 Å². The molecule has 0 aromatic heterocycles. The van der Waals surface area contributed by atoms with Gasteiger partial charge in [0.2, 0.25) is 6.41 Å². The molecule has 0 saturated carbocycles. The van der Waals surface area contributed by atoms with E-state index in [4.69, 9.17) is 5.11 Å². The van der Waals surface area contributed by atoms with Crippen LogP contribution in [-0.4, -0.2) is 34.1 Å². The lowest BCUT2D eigenvalue weighted by Crippen LogP contribution is -2.54. The summed E-state index contributed by atoms with van der Waals surface area (Å²) in [7, 11) is 0. The molecule has 1 aromatic rings. The van der Waals surface area contributed by atoms with Crippen molar-refractivity contribution in [2.24, 2.45) is 0 Å². The van der Waals surface area contributed by atoms with E-state index in [9.17, 15) is 19.5 Å². The van der Waals surface area contributed by atoms with E-state index in [1.54, 1.807) is 30.3 Å². The number of benzene rings is 1. The number of amides is 1. The second-order valence-electron chi connectivity index (χ2n) is 4.33. The first-order valence-electron chi connectivity index (χ1n) is 5.63. The zero-order chi connectivity index (χ0) is 14.5. The smallest absolute Gasteiger partial charge is 0.329 e. The minimum absolute atomic E-state index is 0.270. The Morgan fingerprint density at radius 3 is 2.32 bits per heavy atom. The van der Waals surface area contributed by atoms with Crippen LogP contribution >= 0.6 is 0 Å². The summed E-state index contributed by atoms with van der Waals surface area (Å²) in [6, 6.07) is 8.40. The highest BCUT2D eigenvalue weighted by molar-refractivity contribution is 5.84. The molecule has 19 heavy (non-hydrogen) atoms. The molecule has 2 unspecified atom stereocenters. The maximum atomic E-state index is 11.4. The summed E-state index contributed by atoms with van der Waals surface area (Å²) in [6.07, 6.45) is -0.125. The van der Waals surface area contributed by atoms with E-state index >= 15 is 0 Å². The van der Waals surface area contributed by atoms with Gasteiger partial charge in [0.1, 0.15) is 5.54 Å². The van der Waals surface area contributed by atoms with Crippen LogP contribution in [0, 0.1) is 0 Å². The van der Waals surface area contributed by atoms with Crippen LogP contribution in [0.5, 0.6) is 0 Å². The number of hydrogen-bond donors (Lipinski definition) is 3. The van der Waals surface area contributed by atoms with E-state index < -0.39 is 29.8 Å². The molecule has 1 rings (SSSR count). The highest BCUT2D eigenvalue weighted by atomic mass is 16.4. The van der Waals surface area contributed by atoms with Crippen LogP contribution in [0.1, 0.15) is 24.8 Å². The summed E-state index contributed by atoms with van der Waals surface area (Å²) in [5, 5.41) is 20.5. The predicted octanol–water partition coefficient (Wildman–Crippen LogP) is 0.834. The quantitative estimate of drug-likeness (QED) is 0.634. The summed E-state index contributed by atoms with van der Waals surface area (Å²) in [6.45, 7) is 1.30. The van der Waals surface area contributed by atoms with Gasteiger partial charge in [0.15, 0.2) is 0 Å². The first kappa shape index (κ1) is 14.7. The second kappa shape index (κ2) is 5.99.